The number of hydrogen-bond acceptors (Lipinski definition) is 3. The SMILES string of the molecule is Cc1ccc(F)cc1S(=O)(=O)NOC1CCCC1. The number of benzene rings is 1. The van der Waals surface area contributed by atoms with E-state index in [4.69, 9.17) is 4.84 Å². The van der Waals surface area contributed by atoms with Crippen LogP contribution in [0.25, 0.3) is 0 Å². The molecule has 6 heteroatoms. The standard InChI is InChI=1S/C12H16FNO3S/c1-9-6-7-10(13)8-12(9)18(15,16)14-17-11-4-2-3-5-11/h6-8,11,14H,2-5H2,1H3. The third kappa shape index (κ3) is 3.07. The third-order valence-electron chi connectivity index (χ3n) is 3.07. The second-order valence-corrected chi connectivity index (χ2v) is 6.13. The molecule has 0 saturated heterocycles. The molecular weight excluding hydrogens is 257 g/mol. The van der Waals surface area contributed by atoms with Crippen molar-refractivity contribution in [3.05, 3.63) is 29.6 Å². The van der Waals surface area contributed by atoms with Crippen molar-refractivity contribution < 1.29 is 17.6 Å². The van der Waals surface area contributed by atoms with Crippen LogP contribution in [-0.4, -0.2) is 14.5 Å². The van der Waals surface area contributed by atoms with Gasteiger partial charge >= 0.3 is 0 Å². The first-order valence-electron chi connectivity index (χ1n) is 5.92. The lowest BCUT2D eigenvalue weighted by atomic mass is 10.2. The second-order valence-electron chi connectivity index (χ2n) is 4.52. The van der Waals surface area contributed by atoms with Gasteiger partial charge in [-0.1, -0.05) is 23.8 Å². The number of sulfonamides is 1. The first-order valence-corrected chi connectivity index (χ1v) is 7.41. The van der Waals surface area contributed by atoms with Crippen LogP contribution >= 0.6 is 0 Å². The zero-order chi connectivity index (χ0) is 13.2. The highest BCUT2D eigenvalue weighted by molar-refractivity contribution is 7.89. The Kier molecular flexibility index (Phi) is 3.99. The molecule has 0 aromatic heterocycles. The van der Waals surface area contributed by atoms with Crippen LogP contribution in [0.1, 0.15) is 31.2 Å². The summed E-state index contributed by atoms with van der Waals surface area (Å²) >= 11 is 0. The van der Waals surface area contributed by atoms with E-state index in [9.17, 15) is 12.8 Å². The fourth-order valence-electron chi connectivity index (χ4n) is 2.05. The highest BCUT2D eigenvalue weighted by atomic mass is 32.2. The predicted molar refractivity (Wildman–Crippen MR) is 64.8 cm³/mol. The molecule has 1 N–H and O–H groups in total. The highest BCUT2D eigenvalue weighted by Gasteiger charge is 2.22. The van der Waals surface area contributed by atoms with Crippen molar-refractivity contribution in [2.75, 3.05) is 0 Å². The van der Waals surface area contributed by atoms with E-state index in [0.717, 1.165) is 31.7 Å². The van der Waals surface area contributed by atoms with Crippen LogP contribution in [0.4, 0.5) is 4.39 Å². The molecule has 18 heavy (non-hydrogen) atoms. The van der Waals surface area contributed by atoms with E-state index in [1.807, 2.05) is 0 Å². The van der Waals surface area contributed by atoms with Gasteiger partial charge in [-0.05, 0) is 37.5 Å². The number of halogens is 1. The van der Waals surface area contributed by atoms with Gasteiger partial charge in [0.05, 0.1) is 11.0 Å². The molecule has 0 radical (unpaired) electrons. The van der Waals surface area contributed by atoms with E-state index in [0.29, 0.717) is 5.56 Å². The predicted octanol–water partition coefficient (Wildman–Crippen LogP) is 2.29. The summed E-state index contributed by atoms with van der Waals surface area (Å²) in [5, 5.41) is 0. The van der Waals surface area contributed by atoms with E-state index in [-0.39, 0.29) is 11.0 Å². The van der Waals surface area contributed by atoms with Gasteiger partial charge in [0.25, 0.3) is 10.0 Å². The van der Waals surface area contributed by atoms with Crippen LogP contribution in [0.5, 0.6) is 0 Å². The quantitative estimate of drug-likeness (QED) is 0.856. The van der Waals surface area contributed by atoms with Crippen molar-refractivity contribution in [2.24, 2.45) is 0 Å². The minimum absolute atomic E-state index is 0.0753. The van der Waals surface area contributed by atoms with Crippen LogP contribution in [0.3, 0.4) is 0 Å². The van der Waals surface area contributed by atoms with E-state index in [1.165, 1.54) is 12.1 Å². The first-order chi connectivity index (χ1) is 8.49. The van der Waals surface area contributed by atoms with Crippen LogP contribution in [0.15, 0.2) is 23.1 Å². The number of aryl methyl sites for hydroxylation is 1. The van der Waals surface area contributed by atoms with Crippen molar-refractivity contribution in [3.63, 3.8) is 0 Å². The van der Waals surface area contributed by atoms with Gasteiger partial charge in [0.2, 0.25) is 0 Å². The number of hydrogen-bond donors (Lipinski definition) is 1. The summed E-state index contributed by atoms with van der Waals surface area (Å²) in [6.45, 7) is 1.61. The molecule has 4 nitrogen and oxygen atoms in total. The van der Waals surface area contributed by atoms with E-state index >= 15 is 0 Å². The van der Waals surface area contributed by atoms with Crippen LogP contribution in [-0.2, 0) is 14.9 Å². The molecule has 0 heterocycles. The Balaban J connectivity index is 2.12. The summed E-state index contributed by atoms with van der Waals surface area (Å²) in [7, 11) is -3.81. The van der Waals surface area contributed by atoms with Gasteiger partial charge in [0.15, 0.2) is 0 Å². The lowest BCUT2D eigenvalue weighted by molar-refractivity contribution is 0.0223. The Bertz CT molecular complexity index is 524. The molecule has 0 bridgehead atoms. The van der Waals surface area contributed by atoms with Crippen molar-refractivity contribution in [2.45, 2.75) is 43.6 Å². The smallest absolute Gasteiger partial charge is 0.262 e. The summed E-state index contributed by atoms with van der Waals surface area (Å²) in [6, 6.07) is 3.65. The van der Waals surface area contributed by atoms with E-state index in [2.05, 4.69) is 4.89 Å². The average Bonchev–Trinajstić information content (AvgIpc) is 2.83. The normalized spacial score (nSPS) is 17.2. The zero-order valence-corrected chi connectivity index (χ0v) is 11.0. The molecule has 0 amide bonds. The molecule has 0 aliphatic heterocycles. The molecule has 1 aromatic carbocycles. The fraction of sp³-hybridized carbons (Fsp3) is 0.500. The Hall–Kier alpha value is -0.980. The van der Waals surface area contributed by atoms with Crippen molar-refractivity contribution >= 4 is 10.0 Å². The van der Waals surface area contributed by atoms with Gasteiger partial charge in [0, 0.05) is 0 Å². The van der Waals surface area contributed by atoms with Crippen LogP contribution in [0, 0.1) is 12.7 Å². The fourth-order valence-corrected chi connectivity index (χ4v) is 3.16. The molecule has 1 fully saturated rings. The van der Waals surface area contributed by atoms with Crippen LogP contribution in [0.2, 0.25) is 0 Å². The maximum Gasteiger partial charge on any atom is 0.262 e. The molecule has 0 spiro atoms. The lowest BCUT2D eigenvalue weighted by Crippen LogP contribution is -2.29. The van der Waals surface area contributed by atoms with E-state index in [1.54, 1.807) is 6.92 Å². The van der Waals surface area contributed by atoms with Crippen molar-refractivity contribution in [3.8, 4) is 0 Å². The van der Waals surface area contributed by atoms with E-state index < -0.39 is 15.8 Å². The van der Waals surface area contributed by atoms with Crippen molar-refractivity contribution in [1.29, 1.82) is 0 Å². The summed E-state index contributed by atoms with van der Waals surface area (Å²) in [5.74, 6) is -0.582. The van der Waals surface area contributed by atoms with Gasteiger partial charge < -0.3 is 0 Å². The summed E-state index contributed by atoms with van der Waals surface area (Å²) < 4.78 is 37.0. The molecular formula is C12H16FNO3S. The summed E-state index contributed by atoms with van der Waals surface area (Å²) in [4.78, 5) is 7.16. The highest BCUT2D eigenvalue weighted by Crippen LogP contribution is 2.21. The molecule has 1 saturated carbocycles. The Labute approximate surface area is 106 Å². The number of rotatable bonds is 4. The molecule has 1 aliphatic carbocycles. The van der Waals surface area contributed by atoms with Gasteiger partial charge in [-0.3, -0.25) is 4.84 Å². The van der Waals surface area contributed by atoms with Gasteiger partial charge in [-0.25, -0.2) is 12.8 Å². The molecule has 0 atom stereocenters. The Morgan fingerprint density at radius 1 is 1.33 bits per heavy atom. The monoisotopic (exact) mass is 273 g/mol. The number of nitrogens with one attached hydrogen (secondary N) is 1. The minimum atomic E-state index is -3.81. The molecule has 100 valence electrons. The molecule has 0 unspecified atom stereocenters. The lowest BCUT2D eigenvalue weighted by Gasteiger charge is -2.13. The zero-order valence-electron chi connectivity index (χ0n) is 10.1. The first kappa shape index (κ1) is 13.5. The van der Waals surface area contributed by atoms with Crippen molar-refractivity contribution in [1.82, 2.24) is 4.89 Å². The average molecular weight is 273 g/mol. The van der Waals surface area contributed by atoms with Gasteiger partial charge in [-0.15, -0.1) is 0 Å². The summed E-state index contributed by atoms with van der Waals surface area (Å²) in [6.07, 6.45) is 3.72. The van der Waals surface area contributed by atoms with Gasteiger partial charge in [-0.2, -0.15) is 0 Å². The topological polar surface area (TPSA) is 55.4 Å². The molecule has 1 aromatic rings. The summed E-state index contributed by atoms with van der Waals surface area (Å²) in [5.41, 5.74) is 0.485. The molecule has 1 aliphatic rings. The van der Waals surface area contributed by atoms with Crippen LogP contribution < -0.4 is 4.89 Å². The Morgan fingerprint density at radius 2 is 2.00 bits per heavy atom. The maximum absolute atomic E-state index is 13.1. The Morgan fingerprint density at radius 3 is 2.67 bits per heavy atom. The molecule has 2 rings (SSSR count). The van der Waals surface area contributed by atoms with Gasteiger partial charge in [0.1, 0.15) is 5.82 Å². The third-order valence-corrected chi connectivity index (χ3v) is 4.40. The maximum atomic E-state index is 13.1. The minimum Gasteiger partial charge on any atom is -0.284 e. The second kappa shape index (κ2) is 5.34. The largest absolute Gasteiger partial charge is 0.284 e.